The predicted octanol–water partition coefficient (Wildman–Crippen LogP) is 3.13. The lowest BCUT2D eigenvalue weighted by molar-refractivity contribution is 0.0427. The van der Waals surface area contributed by atoms with E-state index in [1.54, 1.807) is 0 Å². The molecule has 1 aliphatic carbocycles. The van der Waals surface area contributed by atoms with Crippen molar-refractivity contribution in [3.05, 3.63) is 29.8 Å². The van der Waals surface area contributed by atoms with E-state index in [2.05, 4.69) is 31.3 Å². The van der Waals surface area contributed by atoms with E-state index in [4.69, 9.17) is 9.47 Å². The summed E-state index contributed by atoms with van der Waals surface area (Å²) in [5.41, 5.74) is 1.31. The van der Waals surface area contributed by atoms with Crippen molar-refractivity contribution >= 4 is 0 Å². The van der Waals surface area contributed by atoms with Crippen molar-refractivity contribution in [2.24, 2.45) is 0 Å². The second kappa shape index (κ2) is 7.51. The standard InChI is InChI=1S/C16H25NO2/c1-3-13(2)18-10-11-19-16-8-4-14(5-9-16)12-17-15-6-7-15/h4-5,8-9,13,15,17H,3,6-7,10-12H2,1-2H3. The lowest BCUT2D eigenvalue weighted by atomic mass is 10.2. The molecule has 2 rings (SSSR count). The Kier molecular flexibility index (Phi) is 5.67. The van der Waals surface area contributed by atoms with Crippen LogP contribution in [0.25, 0.3) is 0 Å². The van der Waals surface area contributed by atoms with Gasteiger partial charge in [-0.1, -0.05) is 19.1 Å². The van der Waals surface area contributed by atoms with Crippen LogP contribution in [-0.4, -0.2) is 25.4 Å². The summed E-state index contributed by atoms with van der Waals surface area (Å²) in [6, 6.07) is 9.08. The molecule has 0 amide bonds. The molecule has 1 atom stereocenters. The van der Waals surface area contributed by atoms with Gasteiger partial charge in [-0.15, -0.1) is 0 Å². The van der Waals surface area contributed by atoms with E-state index in [9.17, 15) is 0 Å². The van der Waals surface area contributed by atoms with Crippen LogP contribution in [-0.2, 0) is 11.3 Å². The Bertz CT molecular complexity index is 360. The summed E-state index contributed by atoms with van der Waals surface area (Å²) in [5.74, 6) is 0.919. The van der Waals surface area contributed by atoms with Crippen LogP contribution >= 0.6 is 0 Å². The lowest BCUT2D eigenvalue weighted by Crippen LogP contribution is -2.15. The monoisotopic (exact) mass is 263 g/mol. The van der Waals surface area contributed by atoms with Crippen LogP contribution < -0.4 is 10.1 Å². The normalized spacial score (nSPS) is 16.3. The van der Waals surface area contributed by atoms with E-state index in [0.717, 1.165) is 24.8 Å². The van der Waals surface area contributed by atoms with Gasteiger partial charge in [-0.05, 0) is 43.9 Å². The summed E-state index contributed by atoms with van der Waals surface area (Å²) in [6.45, 7) is 6.44. The minimum Gasteiger partial charge on any atom is -0.491 e. The Balaban J connectivity index is 1.63. The molecule has 0 aliphatic heterocycles. The van der Waals surface area contributed by atoms with Crippen molar-refractivity contribution in [1.29, 1.82) is 0 Å². The van der Waals surface area contributed by atoms with Gasteiger partial charge in [0, 0.05) is 12.6 Å². The van der Waals surface area contributed by atoms with E-state index in [0.29, 0.717) is 19.3 Å². The second-order valence-corrected chi connectivity index (χ2v) is 5.24. The first-order valence-corrected chi connectivity index (χ1v) is 7.34. The molecule has 0 aromatic heterocycles. The molecule has 3 nitrogen and oxygen atoms in total. The first-order chi connectivity index (χ1) is 9.28. The van der Waals surface area contributed by atoms with Gasteiger partial charge in [-0.3, -0.25) is 0 Å². The summed E-state index contributed by atoms with van der Waals surface area (Å²) in [6.07, 6.45) is 4.02. The second-order valence-electron chi connectivity index (χ2n) is 5.24. The van der Waals surface area contributed by atoms with Gasteiger partial charge < -0.3 is 14.8 Å². The van der Waals surface area contributed by atoms with Crippen molar-refractivity contribution in [1.82, 2.24) is 5.32 Å². The average molecular weight is 263 g/mol. The SMILES string of the molecule is CCC(C)OCCOc1ccc(CNC2CC2)cc1. The zero-order chi connectivity index (χ0) is 13.5. The molecule has 1 aromatic rings. The molecule has 0 saturated heterocycles. The molecule has 0 radical (unpaired) electrons. The Labute approximate surface area is 116 Å². The van der Waals surface area contributed by atoms with Crippen LogP contribution in [0.3, 0.4) is 0 Å². The molecule has 0 spiro atoms. The highest BCUT2D eigenvalue weighted by Crippen LogP contribution is 2.19. The minimum absolute atomic E-state index is 0.319. The maximum atomic E-state index is 5.65. The zero-order valence-corrected chi connectivity index (χ0v) is 12.0. The van der Waals surface area contributed by atoms with Gasteiger partial charge in [0.05, 0.1) is 12.7 Å². The van der Waals surface area contributed by atoms with Gasteiger partial charge in [0.2, 0.25) is 0 Å². The maximum absolute atomic E-state index is 5.65. The molecule has 0 bridgehead atoms. The van der Waals surface area contributed by atoms with Crippen LogP contribution in [0.4, 0.5) is 0 Å². The Hall–Kier alpha value is -1.06. The molecule has 1 N–H and O–H groups in total. The predicted molar refractivity (Wildman–Crippen MR) is 77.5 cm³/mol. The highest BCUT2D eigenvalue weighted by atomic mass is 16.5. The van der Waals surface area contributed by atoms with Crippen LogP contribution in [0.5, 0.6) is 5.75 Å². The molecule has 1 aliphatic rings. The summed E-state index contributed by atoms with van der Waals surface area (Å²) in [4.78, 5) is 0. The zero-order valence-electron chi connectivity index (χ0n) is 12.0. The maximum Gasteiger partial charge on any atom is 0.119 e. The smallest absolute Gasteiger partial charge is 0.119 e. The molecule has 0 heterocycles. The summed E-state index contributed by atoms with van der Waals surface area (Å²) in [7, 11) is 0. The molecule has 1 saturated carbocycles. The quantitative estimate of drug-likeness (QED) is 0.694. The molecule has 1 fully saturated rings. The van der Waals surface area contributed by atoms with E-state index >= 15 is 0 Å². The molecule has 19 heavy (non-hydrogen) atoms. The third kappa shape index (κ3) is 5.62. The Morgan fingerprint density at radius 3 is 2.58 bits per heavy atom. The van der Waals surface area contributed by atoms with Crippen molar-refractivity contribution in [2.45, 2.75) is 51.8 Å². The van der Waals surface area contributed by atoms with Crippen LogP contribution in [0.2, 0.25) is 0 Å². The fourth-order valence-electron chi connectivity index (χ4n) is 1.78. The fourth-order valence-corrected chi connectivity index (χ4v) is 1.78. The van der Waals surface area contributed by atoms with Gasteiger partial charge >= 0.3 is 0 Å². The number of rotatable bonds is 9. The topological polar surface area (TPSA) is 30.5 Å². The number of ether oxygens (including phenoxy) is 2. The first-order valence-electron chi connectivity index (χ1n) is 7.34. The third-order valence-electron chi connectivity index (χ3n) is 3.42. The summed E-state index contributed by atoms with van der Waals surface area (Å²) in [5, 5.41) is 3.50. The molecule has 106 valence electrons. The molecule has 1 unspecified atom stereocenters. The fraction of sp³-hybridized carbons (Fsp3) is 0.625. The van der Waals surface area contributed by atoms with E-state index in [1.165, 1.54) is 18.4 Å². The van der Waals surface area contributed by atoms with Gasteiger partial charge in [0.15, 0.2) is 0 Å². The number of hydrogen-bond donors (Lipinski definition) is 1. The largest absolute Gasteiger partial charge is 0.491 e. The highest BCUT2D eigenvalue weighted by molar-refractivity contribution is 5.27. The summed E-state index contributed by atoms with van der Waals surface area (Å²) >= 11 is 0. The van der Waals surface area contributed by atoms with Crippen LogP contribution in [0.1, 0.15) is 38.7 Å². The van der Waals surface area contributed by atoms with Gasteiger partial charge in [0.1, 0.15) is 12.4 Å². The molecule has 1 aromatic carbocycles. The molecular weight excluding hydrogens is 238 g/mol. The molecular formula is C16H25NO2. The van der Waals surface area contributed by atoms with Crippen LogP contribution in [0, 0.1) is 0 Å². The first kappa shape index (κ1) is 14.4. The lowest BCUT2D eigenvalue weighted by Gasteiger charge is -2.11. The van der Waals surface area contributed by atoms with Crippen molar-refractivity contribution < 1.29 is 9.47 Å². The average Bonchev–Trinajstić information content (AvgIpc) is 3.26. The van der Waals surface area contributed by atoms with E-state index in [-0.39, 0.29) is 0 Å². The third-order valence-corrected chi connectivity index (χ3v) is 3.42. The Morgan fingerprint density at radius 2 is 1.95 bits per heavy atom. The van der Waals surface area contributed by atoms with Gasteiger partial charge in [-0.25, -0.2) is 0 Å². The highest BCUT2D eigenvalue weighted by Gasteiger charge is 2.19. The number of nitrogens with one attached hydrogen (secondary N) is 1. The van der Waals surface area contributed by atoms with Crippen molar-refractivity contribution in [2.75, 3.05) is 13.2 Å². The minimum atomic E-state index is 0.319. The van der Waals surface area contributed by atoms with Crippen molar-refractivity contribution in [3.63, 3.8) is 0 Å². The number of hydrogen-bond acceptors (Lipinski definition) is 3. The van der Waals surface area contributed by atoms with Gasteiger partial charge in [0.25, 0.3) is 0 Å². The Morgan fingerprint density at radius 1 is 1.21 bits per heavy atom. The van der Waals surface area contributed by atoms with Crippen LogP contribution in [0.15, 0.2) is 24.3 Å². The number of benzene rings is 1. The van der Waals surface area contributed by atoms with E-state index < -0.39 is 0 Å². The molecule has 3 heteroatoms. The van der Waals surface area contributed by atoms with Crippen molar-refractivity contribution in [3.8, 4) is 5.75 Å². The van der Waals surface area contributed by atoms with E-state index in [1.807, 2.05) is 12.1 Å². The van der Waals surface area contributed by atoms with Gasteiger partial charge in [-0.2, -0.15) is 0 Å². The summed E-state index contributed by atoms with van der Waals surface area (Å²) < 4.78 is 11.2.